The van der Waals surface area contributed by atoms with Crippen LogP contribution >= 0.6 is 0 Å². The molecule has 1 aromatic rings. The fraction of sp³-hybridized carbons (Fsp3) is 0.250. The molecule has 14 heavy (non-hydrogen) atoms. The van der Waals surface area contributed by atoms with E-state index < -0.39 is 0 Å². The minimum atomic E-state index is -0.0180. The highest BCUT2D eigenvalue weighted by Gasteiger charge is 2.25. The van der Waals surface area contributed by atoms with Crippen LogP contribution in [0.1, 0.15) is 23.6 Å². The van der Waals surface area contributed by atoms with Crippen LogP contribution in [0.4, 0.5) is 0 Å². The zero-order valence-corrected chi connectivity index (χ0v) is 8.21. The van der Waals surface area contributed by atoms with E-state index in [1.165, 1.54) is 5.56 Å². The maximum atomic E-state index is 11.2. The summed E-state index contributed by atoms with van der Waals surface area (Å²) >= 11 is 0. The number of aryl methyl sites for hydroxylation is 1. The number of rotatable bonds is 1. The summed E-state index contributed by atoms with van der Waals surface area (Å²) in [6.07, 6.45) is 0.724. The molecule has 1 aliphatic heterocycles. The third kappa shape index (κ3) is 1.55. The Morgan fingerprint density at radius 2 is 2.00 bits per heavy atom. The zero-order chi connectivity index (χ0) is 10.1. The highest BCUT2D eigenvalue weighted by Crippen LogP contribution is 2.26. The van der Waals surface area contributed by atoms with Crippen molar-refractivity contribution in [1.82, 2.24) is 5.32 Å². The second-order valence-electron chi connectivity index (χ2n) is 3.74. The van der Waals surface area contributed by atoms with Crippen molar-refractivity contribution in [1.29, 1.82) is 0 Å². The lowest BCUT2D eigenvalue weighted by Crippen LogP contribution is -2.18. The first-order valence-electron chi connectivity index (χ1n) is 4.72. The van der Waals surface area contributed by atoms with Gasteiger partial charge in [0.15, 0.2) is 0 Å². The molecule has 1 aliphatic rings. The topological polar surface area (TPSA) is 29.1 Å². The highest BCUT2D eigenvalue weighted by atomic mass is 16.2. The van der Waals surface area contributed by atoms with Crippen LogP contribution < -0.4 is 5.32 Å². The lowest BCUT2D eigenvalue weighted by atomic mass is 10.0. The summed E-state index contributed by atoms with van der Waals surface area (Å²) in [6, 6.07) is 8.35. The molecular weight excluding hydrogens is 174 g/mol. The van der Waals surface area contributed by atoms with Crippen LogP contribution in [-0.4, -0.2) is 5.91 Å². The van der Waals surface area contributed by atoms with Crippen LogP contribution in [0.5, 0.6) is 0 Å². The number of hydrogen-bond acceptors (Lipinski definition) is 1. The van der Waals surface area contributed by atoms with E-state index in [4.69, 9.17) is 0 Å². The zero-order valence-electron chi connectivity index (χ0n) is 8.21. The lowest BCUT2D eigenvalue weighted by molar-refractivity contribution is -0.116. The van der Waals surface area contributed by atoms with Crippen LogP contribution in [-0.2, 0) is 4.79 Å². The fourth-order valence-corrected chi connectivity index (χ4v) is 1.65. The van der Waals surface area contributed by atoms with Crippen LogP contribution in [0.2, 0.25) is 0 Å². The third-order valence-corrected chi connectivity index (χ3v) is 2.56. The largest absolute Gasteiger partial charge is 0.345 e. The van der Waals surface area contributed by atoms with Gasteiger partial charge in [0.2, 0.25) is 5.91 Å². The molecule has 2 heteroatoms. The first kappa shape index (κ1) is 9.00. The van der Waals surface area contributed by atoms with Gasteiger partial charge in [-0.25, -0.2) is 0 Å². The molecule has 1 atom stereocenters. The van der Waals surface area contributed by atoms with Crippen LogP contribution in [0.3, 0.4) is 0 Å². The van der Waals surface area contributed by atoms with E-state index in [9.17, 15) is 4.79 Å². The predicted octanol–water partition coefficient (Wildman–Crippen LogP) is 2.11. The number of hydrogen-bond donors (Lipinski definition) is 1. The number of amides is 1. The van der Waals surface area contributed by atoms with Gasteiger partial charge in [-0.3, -0.25) is 4.79 Å². The van der Waals surface area contributed by atoms with Gasteiger partial charge < -0.3 is 5.32 Å². The van der Waals surface area contributed by atoms with E-state index >= 15 is 0 Å². The molecule has 0 bridgehead atoms. The number of carbonyl (C=O) groups excluding carboxylic acids is 1. The highest BCUT2D eigenvalue weighted by molar-refractivity contribution is 5.95. The van der Waals surface area contributed by atoms with Crippen molar-refractivity contribution < 1.29 is 4.79 Å². The number of carbonyl (C=O) groups is 1. The Labute approximate surface area is 83.6 Å². The Bertz CT molecular complexity index is 362. The van der Waals surface area contributed by atoms with Gasteiger partial charge in [-0.15, -0.1) is 0 Å². The van der Waals surface area contributed by atoms with E-state index in [-0.39, 0.29) is 11.9 Å². The predicted molar refractivity (Wildman–Crippen MR) is 55.8 cm³/mol. The van der Waals surface area contributed by atoms with Gasteiger partial charge >= 0.3 is 0 Å². The lowest BCUT2D eigenvalue weighted by Gasteiger charge is -2.09. The van der Waals surface area contributed by atoms with Crippen molar-refractivity contribution in [2.24, 2.45) is 0 Å². The minimum absolute atomic E-state index is 0.0180. The maximum absolute atomic E-state index is 11.2. The Morgan fingerprint density at radius 1 is 1.36 bits per heavy atom. The molecule has 1 fully saturated rings. The Hall–Kier alpha value is -1.57. The van der Waals surface area contributed by atoms with Crippen molar-refractivity contribution in [3.8, 4) is 0 Å². The first-order valence-corrected chi connectivity index (χ1v) is 4.72. The molecule has 0 aliphatic carbocycles. The molecule has 1 heterocycles. The van der Waals surface area contributed by atoms with Gasteiger partial charge in [-0.1, -0.05) is 36.4 Å². The molecule has 0 radical (unpaired) electrons. The molecule has 0 spiro atoms. The molecule has 0 saturated carbocycles. The Balaban J connectivity index is 2.21. The molecule has 1 N–H and O–H groups in total. The molecule has 2 nitrogen and oxygen atoms in total. The van der Waals surface area contributed by atoms with E-state index in [1.807, 2.05) is 0 Å². The average molecular weight is 187 g/mol. The fourth-order valence-electron chi connectivity index (χ4n) is 1.65. The van der Waals surface area contributed by atoms with E-state index in [2.05, 4.69) is 43.1 Å². The van der Waals surface area contributed by atoms with Crippen molar-refractivity contribution in [3.63, 3.8) is 0 Å². The normalized spacial score (nSPS) is 21.1. The van der Waals surface area contributed by atoms with Gasteiger partial charge in [0.05, 0.1) is 6.04 Å². The molecule has 2 rings (SSSR count). The standard InChI is InChI=1S/C12H13NO/c1-8-3-5-10(6-4-8)11-7-9(2)12(14)13-11/h3-6,11H,2,7H2,1H3,(H,13,14)/t11-/m0/s1. The molecule has 72 valence electrons. The summed E-state index contributed by atoms with van der Waals surface area (Å²) in [4.78, 5) is 11.2. The molecule has 1 saturated heterocycles. The van der Waals surface area contributed by atoms with Crippen LogP contribution in [0, 0.1) is 6.92 Å². The van der Waals surface area contributed by atoms with E-state index in [1.54, 1.807) is 0 Å². The summed E-state index contributed by atoms with van der Waals surface area (Å²) in [5.41, 5.74) is 3.06. The number of benzene rings is 1. The third-order valence-electron chi connectivity index (χ3n) is 2.56. The molecule has 1 aromatic carbocycles. The summed E-state index contributed by atoms with van der Waals surface area (Å²) in [6.45, 7) is 5.77. The van der Waals surface area contributed by atoms with Crippen molar-refractivity contribution in [2.75, 3.05) is 0 Å². The minimum Gasteiger partial charge on any atom is -0.345 e. The second kappa shape index (κ2) is 3.29. The van der Waals surface area contributed by atoms with Gasteiger partial charge in [-0.05, 0) is 12.5 Å². The van der Waals surface area contributed by atoms with Gasteiger partial charge in [0, 0.05) is 12.0 Å². The van der Waals surface area contributed by atoms with E-state index in [0.29, 0.717) is 5.57 Å². The monoisotopic (exact) mass is 187 g/mol. The molecule has 0 aromatic heterocycles. The van der Waals surface area contributed by atoms with Crippen molar-refractivity contribution in [2.45, 2.75) is 19.4 Å². The molecule has 0 unspecified atom stereocenters. The van der Waals surface area contributed by atoms with Gasteiger partial charge in [0.1, 0.15) is 0 Å². The molecule has 1 amide bonds. The van der Waals surface area contributed by atoms with Gasteiger partial charge in [-0.2, -0.15) is 0 Å². The second-order valence-corrected chi connectivity index (χ2v) is 3.74. The first-order chi connectivity index (χ1) is 6.66. The smallest absolute Gasteiger partial charge is 0.247 e. The summed E-state index contributed by atoms with van der Waals surface area (Å²) in [5.74, 6) is -0.0180. The quantitative estimate of drug-likeness (QED) is 0.670. The van der Waals surface area contributed by atoms with Crippen molar-refractivity contribution in [3.05, 3.63) is 47.5 Å². The summed E-state index contributed by atoms with van der Waals surface area (Å²) < 4.78 is 0. The Morgan fingerprint density at radius 3 is 2.50 bits per heavy atom. The number of nitrogens with one attached hydrogen (secondary N) is 1. The van der Waals surface area contributed by atoms with E-state index in [0.717, 1.165) is 12.0 Å². The Kier molecular flexibility index (Phi) is 2.12. The average Bonchev–Trinajstić information content (AvgIpc) is 2.48. The van der Waals surface area contributed by atoms with Gasteiger partial charge in [0.25, 0.3) is 0 Å². The molecular formula is C12H13NO. The van der Waals surface area contributed by atoms with Crippen LogP contribution in [0.25, 0.3) is 0 Å². The summed E-state index contributed by atoms with van der Waals surface area (Å²) in [7, 11) is 0. The SMILES string of the molecule is C=C1C[C@@H](c2ccc(C)cc2)NC1=O. The van der Waals surface area contributed by atoms with Crippen molar-refractivity contribution >= 4 is 5.91 Å². The summed E-state index contributed by atoms with van der Waals surface area (Å²) in [5, 5.41) is 2.90. The maximum Gasteiger partial charge on any atom is 0.247 e. The van der Waals surface area contributed by atoms with Crippen LogP contribution in [0.15, 0.2) is 36.4 Å².